The topological polar surface area (TPSA) is 106 Å². The molecule has 1 aliphatic rings. The van der Waals surface area contributed by atoms with Gasteiger partial charge in [0.15, 0.2) is 17.9 Å². The van der Waals surface area contributed by atoms with Crippen molar-refractivity contribution in [3.05, 3.63) is 71.9 Å². The highest BCUT2D eigenvalue weighted by atomic mass is 19.4. The van der Waals surface area contributed by atoms with E-state index in [2.05, 4.69) is 20.1 Å². The van der Waals surface area contributed by atoms with Gasteiger partial charge >= 0.3 is 6.36 Å². The first-order valence-corrected chi connectivity index (χ1v) is 11.3. The van der Waals surface area contributed by atoms with Crippen LogP contribution in [0.2, 0.25) is 0 Å². The second-order valence-electron chi connectivity index (χ2n) is 8.18. The zero-order valence-corrected chi connectivity index (χ0v) is 19.9. The maximum absolute atomic E-state index is 12.9. The van der Waals surface area contributed by atoms with Gasteiger partial charge in [0.2, 0.25) is 11.7 Å². The minimum absolute atomic E-state index is 0.0673. The average molecular weight is 516 g/mol. The van der Waals surface area contributed by atoms with Gasteiger partial charge in [-0.15, -0.1) is 13.2 Å². The van der Waals surface area contributed by atoms with Crippen LogP contribution in [0.3, 0.4) is 0 Å². The maximum atomic E-state index is 12.9. The summed E-state index contributed by atoms with van der Waals surface area (Å²) < 4.78 is 52.8. The Kier molecular flexibility index (Phi) is 7.46. The van der Waals surface area contributed by atoms with Crippen molar-refractivity contribution in [1.29, 1.82) is 0 Å². The number of nitrogens with zero attached hydrogens (tertiary/aromatic N) is 3. The van der Waals surface area contributed by atoms with Crippen LogP contribution < -0.4 is 14.8 Å². The summed E-state index contributed by atoms with van der Waals surface area (Å²) in [5.74, 6) is -1.43. The van der Waals surface area contributed by atoms with Crippen molar-refractivity contribution in [2.24, 2.45) is 11.0 Å². The SMILES string of the molecule is CCC1CC(=O)N(Cc2ccc(NC(=O)c3cnco3)cc2)N=C1c1ccc(OC)c(OC(F)(F)F)c1. The maximum Gasteiger partial charge on any atom is 0.573 e. The molecule has 9 nitrogen and oxygen atoms in total. The number of benzene rings is 2. The molecule has 0 saturated carbocycles. The van der Waals surface area contributed by atoms with Crippen LogP contribution in [-0.2, 0) is 11.3 Å². The number of carbonyl (C=O) groups is 2. The van der Waals surface area contributed by atoms with Gasteiger partial charge in [-0.25, -0.2) is 9.99 Å². The van der Waals surface area contributed by atoms with Crippen molar-refractivity contribution in [3.63, 3.8) is 0 Å². The number of alkyl halides is 3. The summed E-state index contributed by atoms with van der Waals surface area (Å²) in [6.07, 6.45) is -1.72. The number of ether oxygens (including phenoxy) is 2. The summed E-state index contributed by atoms with van der Waals surface area (Å²) in [5.41, 5.74) is 2.13. The van der Waals surface area contributed by atoms with Gasteiger partial charge in [0.25, 0.3) is 5.91 Å². The van der Waals surface area contributed by atoms with Gasteiger partial charge in [0.1, 0.15) is 0 Å². The predicted octanol–water partition coefficient (Wildman–Crippen LogP) is 5.00. The quantitative estimate of drug-likeness (QED) is 0.452. The number of hydrazone groups is 1. The van der Waals surface area contributed by atoms with E-state index < -0.39 is 18.0 Å². The number of halogens is 3. The molecule has 2 heterocycles. The number of hydrogen-bond acceptors (Lipinski definition) is 7. The van der Waals surface area contributed by atoms with Crippen LogP contribution in [0.1, 0.15) is 41.4 Å². The number of carbonyl (C=O) groups excluding carboxylic acids is 2. The van der Waals surface area contributed by atoms with Crippen LogP contribution in [0.4, 0.5) is 18.9 Å². The van der Waals surface area contributed by atoms with Gasteiger partial charge in [0.05, 0.1) is 25.6 Å². The highest BCUT2D eigenvalue weighted by Crippen LogP contribution is 2.35. The smallest absolute Gasteiger partial charge is 0.493 e. The van der Waals surface area contributed by atoms with Crippen molar-refractivity contribution in [2.75, 3.05) is 12.4 Å². The second kappa shape index (κ2) is 10.7. The lowest BCUT2D eigenvalue weighted by molar-refractivity contribution is -0.275. The molecule has 0 saturated heterocycles. The van der Waals surface area contributed by atoms with Gasteiger partial charge < -0.3 is 19.2 Å². The van der Waals surface area contributed by atoms with Crippen LogP contribution in [0.5, 0.6) is 11.5 Å². The molecule has 37 heavy (non-hydrogen) atoms. The number of oxazole rings is 1. The van der Waals surface area contributed by atoms with E-state index in [4.69, 9.17) is 9.15 Å². The van der Waals surface area contributed by atoms with Gasteiger partial charge in [-0.3, -0.25) is 9.59 Å². The number of hydrogen-bond donors (Lipinski definition) is 1. The van der Waals surface area contributed by atoms with E-state index in [-0.39, 0.29) is 36.3 Å². The molecular weight excluding hydrogens is 493 g/mol. The highest BCUT2D eigenvalue weighted by molar-refractivity contribution is 6.06. The Morgan fingerprint density at radius 1 is 1.19 bits per heavy atom. The molecule has 1 aromatic heterocycles. The van der Waals surface area contributed by atoms with E-state index in [0.29, 0.717) is 23.4 Å². The minimum Gasteiger partial charge on any atom is -0.493 e. The van der Waals surface area contributed by atoms with E-state index in [1.165, 1.54) is 30.4 Å². The molecule has 0 radical (unpaired) electrons. The van der Waals surface area contributed by atoms with Gasteiger partial charge in [-0.05, 0) is 42.3 Å². The zero-order valence-electron chi connectivity index (χ0n) is 19.9. The largest absolute Gasteiger partial charge is 0.573 e. The van der Waals surface area contributed by atoms with E-state index in [1.807, 2.05) is 6.92 Å². The number of rotatable bonds is 8. The lowest BCUT2D eigenvalue weighted by Gasteiger charge is -2.29. The van der Waals surface area contributed by atoms with Crippen LogP contribution in [0.15, 0.2) is 64.6 Å². The number of amides is 2. The normalized spacial score (nSPS) is 15.8. The fourth-order valence-electron chi connectivity index (χ4n) is 3.86. The molecule has 1 N–H and O–H groups in total. The molecule has 1 aliphatic heterocycles. The Morgan fingerprint density at radius 2 is 1.95 bits per heavy atom. The fraction of sp³-hybridized carbons (Fsp3) is 0.280. The highest BCUT2D eigenvalue weighted by Gasteiger charge is 2.34. The molecule has 194 valence electrons. The van der Waals surface area contributed by atoms with Crippen molar-refractivity contribution >= 4 is 23.2 Å². The first kappa shape index (κ1) is 25.7. The molecule has 0 bridgehead atoms. The Morgan fingerprint density at radius 3 is 2.57 bits per heavy atom. The van der Waals surface area contributed by atoms with E-state index in [0.717, 1.165) is 12.0 Å². The third kappa shape index (κ3) is 6.26. The zero-order chi connectivity index (χ0) is 26.6. The van der Waals surface area contributed by atoms with Crippen LogP contribution in [-0.4, -0.2) is 41.0 Å². The molecule has 4 rings (SSSR count). The van der Waals surface area contributed by atoms with Gasteiger partial charge in [-0.2, -0.15) is 5.10 Å². The number of methoxy groups -OCH3 is 1. The molecule has 1 atom stereocenters. The monoisotopic (exact) mass is 516 g/mol. The molecule has 2 amide bonds. The summed E-state index contributed by atoms with van der Waals surface area (Å²) in [6, 6.07) is 11.0. The van der Waals surface area contributed by atoms with E-state index >= 15 is 0 Å². The lowest BCUT2D eigenvalue weighted by atomic mass is 9.89. The Balaban J connectivity index is 1.55. The first-order chi connectivity index (χ1) is 17.7. The lowest BCUT2D eigenvalue weighted by Crippen LogP contribution is -2.36. The molecule has 0 fully saturated rings. The van der Waals surface area contributed by atoms with Crippen molar-refractivity contribution in [3.8, 4) is 11.5 Å². The molecular formula is C25H23F3N4O5. The second-order valence-corrected chi connectivity index (χ2v) is 8.18. The summed E-state index contributed by atoms with van der Waals surface area (Å²) in [7, 11) is 1.25. The molecule has 3 aromatic rings. The van der Waals surface area contributed by atoms with Gasteiger partial charge in [-0.1, -0.05) is 19.1 Å². The summed E-state index contributed by atoms with van der Waals surface area (Å²) in [6.45, 7) is 2.02. The molecule has 2 aromatic carbocycles. The Hall–Kier alpha value is -4.35. The molecule has 0 aliphatic carbocycles. The summed E-state index contributed by atoms with van der Waals surface area (Å²) in [4.78, 5) is 28.6. The fourth-order valence-corrected chi connectivity index (χ4v) is 3.86. The third-order valence-electron chi connectivity index (χ3n) is 5.70. The third-order valence-corrected chi connectivity index (χ3v) is 5.70. The first-order valence-electron chi connectivity index (χ1n) is 11.3. The Labute approximate surface area is 209 Å². The van der Waals surface area contributed by atoms with Gasteiger partial charge in [0, 0.05) is 23.6 Å². The average Bonchev–Trinajstić information content (AvgIpc) is 3.40. The van der Waals surface area contributed by atoms with Crippen molar-refractivity contribution in [1.82, 2.24) is 9.99 Å². The molecule has 1 unspecified atom stereocenters. The van der Waals surface area contributed by atoms with Crippen molar-refractivity contribution in [2.45, 2.75) is 32.7 Å². The Bertz CT molecular complexity index is 1290. The number of anilines is 1. The van der Waals surface area contributed by atoms with Crippen LogP contribution in [0.25, 0.3) is 0 Å². The van der Waals surface area contributed by atoms with Crippen molar-refractivity contribution < 1.29 is 36.7 Å². The number of nitrogens with one attached hydrogen (secondary N) is 1. The van der Waals surface area contributed by atoms with Crippen LogP contribution in [0, 0.1) is 5.92 Å². The molecule has 12 heteroatoms. The standard InChI is InChI=1S/C25H23F3N4O5/c1-3-16-11-22(33)32(13-15-4-7-18(8-5-15)30-24(34)21-12-29-14-36-21)31-23(16)17-6-9-19(35-2)20(10-17)37-25(26,27)28/h4-10,12,14,16H,3,11,13H2,1-2H3,(H,30,34). The minimum atomic E-state index is -4.90. The summed E-state index contributed by atoms with van der Waals surface area (Å²) in [5, 5.41) is 8.48. The number of aromatic nitrogens is 1. The van der Waals surface area contributed by atoms with Crippen LogP contribution >= 0.6 is 0 Å². The predicted molar refractivity (Wildman–Crippen MR) is 126 cm³/mol. The summed E-state index contributed by atoms with van der Waals surface area (Å²) >= 11 is 0. The van der Waals surface area contributed by atoms with E-state index in [9.17, 15) is 22.8 Å². The molecule has 0 spiro atoms. The van der Waals surface area contributed by atoms with E-state index in [1.54, 1.807) is 30.3 Å².